The number of amides is 1. The number of benzene rings is 1. The lowest BCUT2D eigenvalue weighted by Gasteiger charge is -2.19. The molecule has 1 unspecified atom stereocenters. The molecule has 0 aliphatic rings. The monoisotopic (exact) mass is 257 g/mol. The number of H-pyrrole nitrogens is 1. The predicted molar refractivity (Wildman–Crippen MR) is 77.8 cm³/mol. The van der Waals surface area contributed by atoms with Gasteiger partial charge in [-0.2, -0.15) is 0 Å². The van der Waals surface area contributed by atoms with Crippen molar-refractivity contribution in [3.8, 4) is 0 Å². The Hall–Kier alpha value is -2.07. The highest BCUT2D eigenvalue weighted by Gasteiger charge is 2.18. The SMILES string of the molecule is C=CCN(C)C(=O)C(N)Cc1c[nH]c2ccccc12. The molecule has 1 atom stereocenters. The zero-order valence-corrected chi connectivity index (χ0v) is 11.1. The fourth-order valence-electron chi connectivity index (χ4n) is 2.19. The molecule has 2 rings (SSSR count). The standard InChI is InChI=1S/C15H19N3O/c1-3-8-18(2)15(19)13(16)9-11-10-17-14-7-5-4-6-12(11)14/h3-7,10,13,17H,1,8-9,16H2,2H3. The van der Waals surface area contributed by atoms with E-state index in [-0.39, 0.29) is 5.91 Å². The number of aromatic nitrogens is 1. The summed E-state index contributed by atoms with van der Waals surface area (Å²) in [5.41, 5.74) is 8.13. The van der Waals surface area contributed by atoms with E-state index in [0.717, 1.165) is 16.5 Å². The Labute approximate surface area is 112 Å². The minimum atomic E-state index is -0.524. The maximum absolute atomic E-state index is 12.0. The van der Waals surface area contributed by atoms with Gasteiger partial charge in [-0.1, -0.05) is 24.3 Å². The van der Waals surface area contributed by atoms with Crippen LogP contribution in [0.5, 0.6) is 0 Å². The second-order valence-corrected chi connectivity index (χ2v) is 4.68. The predicted octanol–water partition coefficient (Wildman–Crippen LogP) is 1.68. The maximum Gasteiger partial charge on any atom is 0.239 e. The Kier molecular flexibility index (Phi) is 4.02. The first kappa shape index (κ1) is 13.4. The molecule has 4 heteroatoms. The molecular weight excluding hydrogens is 238 g/mol. The molecule has 0 aliphatic heterocycles. The van der Waals surface area contributed by atoms with Gasteiger partial charge >= 0.3 is 0 Å². The molecule has 0 aliphatic carbocycles. The minimum Gasteiger partial charge on any atom is -0.361 e. The van der Waals surface area contributed by atoms with Crippen LogP contribution < -0.4 is 5.73 Å². The third-order valence-corrected chi connectivity index (χ3v) is 3.21. The van der Waals surface area contributed by atoms with E-state index in [9.17, 15) is 4.79 Å². The zero-order chi connectivity index (χ0) is 13.8. The maximum atomic E-state index is 12.0. The molecule has 0 saturated heterocycles. The number of rotatable bonds is 5. The number of para-hydroxylation sites is 1. The highest BCUT2D eigenvalue weighted by atomic mass is 16.2. The number of hydrogen-bond donors (Lipinski definition) is 2. The quantitative estimate of drug-likeness (QED) is 0.801. The molecule has 1 aromatic heterocycles. The summed E-state index contributed by atoms with van der Waals surface area (Å²) in [5, 5.41) is 1.12. The highest BCUT2D eigenvalue weighted by molar-refractivity contribution is 5.86. The van der Waals surface area contributed by atoms with Crippen molar-refractivity contribution in [3.05, 3.63) is 48.7 Å². The average molecular weight is 257 g/mol. The molecule has 0 radical (unpaired) electrons. The lowest BCUT2D eigenvalue weighted by atomic mass is 10.0. The molecule has 0 bridgehead atoms. The molecule has 100 valence electrons. The summed E-state index contributed by atoms with van der Waals surface area (Å²) in [6.07, 6.45) is 4.14. The molecule has 19 heavy (non-hydrogen) atoms. The molecule has 0 fully saturated rings. The van der Waals surface area contributed by atoms with Gasteiger partial charge in [0.1, 0.15) is 0 Å². The van der Waals surface area contributed by atoms with Crippen LogP contribution in [0.4, 0.5) is 0 Å². The molecule has 4 nitrogen and oxygen atoms in total. The summed E-state index contributed by atoms with van der Waals surface area (Å²) in [6, 6.07) is 7.48. The molecule has 1 aromatic carbocycles. The van der Waals surface area contributed by atoms with Crippen LogP contribution in [-0.4, -0.2) is 35.4 Å². The number of aromatic amines is 1. The van der Waals surface area contributed by atoms with Crippen LogP contribution in [0.1, 0.15) is 5.56 Å². The number of nitrogens with zero attached hydrogens (tertiary/aromatic N) is 1. The van der Waals surface area contributed by atoms with Gasteiger partial charge in [0, 0.05) is 30.7 Å². The molecule has 3 N–H and O–H groups in total. The van der Waals surface area contributed by atoms with Crippen molar-refractivity contribution in [1.82, 2.24) is 9.88 Å². The van der Waals surface area contributed by atoms with E-state index >= 15 is 0 Å². The van der Waals surface area contributed by atoms with E-state index in [1.165, 1.54) is 0 Å². The van der Waals surface area contributed by atoms with Gasteiger partial charge in [-0.3, -0.25) is 4.79 Å². The van der Waals surface area contributed by atoms with Crippen LogP contribution >= 0.6 is 0 Å². The van der Waals surface area contributed by atoms with Crippen LogP contribution in [0.25, 0.3) is 10.9 Å². The first-order valence-electron chi connectivity index (χ1n) is 6.30. The van der Waals surface area contributed by atoms with Gasteiger partial charge < -0.3 is 15.6 Å². The van der Waals surface area contributed by atoms with Gasteiger partial charge in [-0.25, -0.2) is 0 Å². The third kappa shape index (κ3) is 2.85. The van der Waals surface area contributed by atoms with Gasteiger partial charge in [0.05, 0.1) is 6.04 Å². The molecule has 0 spiro atoms. The Morgan fingerprint density at radius 3 is 3.00 bits per heavy atom. The Bertz CT molecular complexity index is 588. The van der Waals surface area contributed by atoms with Crippen LogP contribution in [0, 0.1) is 0 Å². The Balaban J connectivity index is 2.12. The van der Waals surface area contributed by atoms with Gasteiger partial charge in [-0.05, 0) is 18.1 Å². The summed E-state index contributed by atoms with van der Waals surface area (Å²) in [6.45, 7) is 4.13. The lowest BCUT2D eigenvalue weighted by molar-refractivity contribution is -0.130. The number of likely N-dealkylation sites (N-methyl/N-ethyl adjacent to an activating group) is 1. The summed E-state index contributed by atoms with van der Waals surface area (Å²) in [7, 11) is 1.74. The summed E-state index contributed by atoms with van der Waals surface area (Å²) in [5.74, 6) is -0.0646. The minimum absolute atomic E-state index is 0.0646. The fourth-order valence-corrected chi connectivity index (χ4v) is 2.19. The number of hydrogen-bond acceptors (Lipinski definition) is 2. The normalized spacial score (nSPS) is 12.3. The zero-order valence-electron chi connectivity index (χ0n) is 11.1. The van der Waals surface area contributed by atoms with Gasteiger partial charge in [0.2, 0.25) is 5.91 Å². The highest BCUT2D eigenvalue weighted by Crippen LogP contribution is 2.18. The third-order valence-electron chi connectivity index (χ3n) is 3.21. The van der Waals surface area contributed by atoms with E-state index in [4.69, 9.17) is 5.73 Å². The molecule has 1 heterocycles. The van der Waals surface area contributed by atoms with Gasteiger partial charge in [0.25, 0.3) is 0 Å². The summed E-state index contributed by atoms with van der Waals surface area (Å²) in [4.78, 5) is 16.8. The topological polar surface area (TPSA) is 62.1 Å². The summed E-state index contributed by atoms with van der Waals surface area (Å²) >= 11 is 0. The fraction of sp³-hybridized carbons (Fsp3) is 0.267. The largest absolute Gasteiger partial charge is 0.361 e. The Morgan fingerprint density at radius 1 is 1.53 bits per heavy atom. The first-order valence-corrected chi connectivity index (χ1v) is 6.30. The van der Waals surface area contributed by atoms with E-state index in [1.807, 2.05) is 30.5 Å². The van der Waals surface area contributed by atoms with E-state index in [2.05, 4.69) is 11.6 Å². The van der Waals surface area contributed by atoms with Crippen LogP contribution in [-0.2, 0) is 11.2 Å². The van der Waals surface area contributed by atoms with E-state index in [0.29, 0.717) is 13.0 Å². The Morgan fingerprint density at radius 2 is 2.26 bits per heavy atom. The van der Waals surface area contributed by atoms with Crippen molar-refractivity contribution in [2.75, 3.05) is 13.6 Å². The van der Waals surface area contributed by atoms with Crippen molar-refractivity contribution < 1.29 is 4.79 Å². The second-order valence-electron chi connectivity index (χ2n) is 4.68. The van der Waals surface area contributed by atoms with E-state index < -0.39 is 6.04 Å². The van der Waals surface area contributed by atoms with Gasteiger partial charge in [-0.15, -0.1) is 6.58 Å². The van der Waals surface area contributed by atoms with Crippen LogP contribution in [0.3, 0.4) is 0 Å². The van der Waals surface area contributed by atoms with E-state index in [1.54, 1.807) is 18.0 Å². The average Bonchev–Trinajstić information content (AvgIpc) is 2.81. The number of carbonyl (C=O) groups excluding carboxylic acids is 1. The first-order chi connectivity index (χ1) is 9.13. The van der Waals surface area contributed by atoms with Crippen molar-refractivity contribution >= 4 is 16.8 Å². The number of nitrogens with two attached hydrogens (primary N) is 1. The summed E-state index contributed by atoms with van der Waals surface area (Å²) < 4.78 is 0. The molecular formula is C15H19N3O. The van der Waals surface area contributed by atoms with Gasteiger partial charge in [0.15, 0.2) is 0 Å². The molecule has 2 aromatic rings. The smallest absolute Gasteiger partial charge is 0.239 e. The van der Waals surface area contributed by atoms with Crippen molar-refractivity contribution in [3.63, 3.8) is 0 Å². The van der Waals surface area contributed by atoms with Crippen LogP contribution in [0.2, 0.25) is 0 Å². The molecule has 1 amide bonds. The second kappa shape index (κ2) is 5.71. The number of carbonyl (C=O) groups is 1. The number of nitrogens with one attached hydrogen (secondary N) is 1. The van der Waals surface area contributed by atoms with Crippen LogP contribution in [0.15, 0.2) is 43.1 Å². The van der Waals surface area contributed by atoms with Crippen molar-refractivity contribution in [2.24, 2.45) is 5.73 Å². The van der Waals surface area contributed by atoms with Crippen molar-refractivity contribution in [1.29, 1.82) is 0 Å². The number of fused-ring (bicyclic) bond motifs is 1. The lowest BCUT2D eigenvalue weighted by Crippen LogP contribution is -2.43. The van der Waals surface area contributed by atoms with Crippen molar-refractivity contribution in [2.45, 2.75) is 12.5 Å². The molecule has 0 saturated carbocycles.